The first-order valence-electron chi connectivity index (χ1n) is 7.81. The van der Waals surface area contributed by atoms with Gasteiger partial charge in [-0.15, -0.1) is 10.2 Å². The summed E-state index contributed by atoms with van der Waals surface area (Å²) in [7, 11) is 0. The van der Waals surface area contributed by atoms with Gasteiger partial charge in [0.1, 0.15) is 10.7 Å². The number of carbonyl (C=O) groups excluding carboxylic acids is 2. The first kappa shape index (κ1) is 14.9. The monoisotopic (exact) mass is 341 g/mol. The fourth-order valence-corrected chi connectivity index (χ4v) is 3.34. The number of aromatic nitrogens is 2. The van der Waals surface area contributed by atoms with Crippen LogP contribution in [-0.4, -0.2) is 27.7 Å². The largest absolute Gasteiger partial charge is 0.295 e. The highest BCUT2D eigenvalue weighted by atomic mass is 32.1. The van der Waals surface area contributed by atoms with Crippen molar-refractivity contribution in [2.24, 2.45) is 5.10 Å². The van der Waals surface area contributed by atoms with Crippen LogP contribution < -0.4 is 10.3 Å². The maximum atomic E-state index is 12.4. The normalized spacial score (nSPS) is 17.6. The summed E-state index contributed by atoms with van der Waals surface area (Å²) < 4.78 is 0. The Kier molecular flexibility index (Phi) is 3.81. The predicted octanol–water partition coefficient (Wildman–Crippen LogP) is 2.54. The molecule has 0 unspecified atom stereocenters. The molecule has 1 aliphatic carbocycles. The van der Waals surface area contributed by atoms with Gasteiger partial charge in [0.2, 0.25) is 11.0 Å². The van der Waals surface area contributed by atoms with Crippen molar-refractivity contribution in [1.29, 1.82) is 0 Å². The summed E-state index contributed by atoms with van der Waals surface area (Å²) in [6, 6.07) is 9.09. The van der Waals surface area contributed by atoms with E-state index in [2.05, 4.69) is 20.6 Å². The number of hydrogen-bond donors (Lipinski definition) is 1. The number of carbonyl (C=O) groups is 2. The standard InChI is InChI=1S/C16H15N5O2S/c22-13-9-8-12(20-21(13)11-4-2-1-3-5-11)14(23)17-16-19-18-15(24-16)10-6-7-10/h1-5,10H,6-9H2,(H,17,19,23). The molecular weight excluding hydrogens is 326 g/mol. The summed E-state index contributed by atoms with van der Waals surface area (Å²) >= 11 is 1.40. The predicted molar refractivity (Wildman–Crippen MR) is 91.1 cm³/mol. The Balaban J connectivity index is 1.51. The van der Waals surface area contributed by atoms with Gasteiger partial charge in [-0.3, -0.25) is 14.9 Å². The lowest BCUT2D eigenvalue weighted by molar-refractivity contribution is -0.118. The fraction of sp³-hybridized carbons (Fsp3) is 0.312. The van der Waals surface area contributed by atoms with Gasteiger partial charge in [-0.1, -0.05) is 29.5 Å². The van der Waals surface area contributed by atoms with Crippen LogP contribution in [0.2, 0.25) is 0 Å². The topological polar surface area (TPSA) is 87.6 Å². The van der Waals surface area contributed by atoms with Crippen molar-refractivity contribution in [1.82, 2.24) is 10.2 Å². The Morgan fingerprint density at radius 1 is 1.17 bits per heavy atom. The molecule has 2 aromatic rings. The van der Waals surface area contributed by atoms with Gasteiger partial charge in [0.05, 0.1) is 5.69 Å². The minimum absolute atomic E-state index is 0.121. The van der Waals surface area contributed by atoms with Crippen molar-refractivity contribution in [2.45, 2.75) is 31.6 Å². The Labute approximate surface area is 142 Å². The number of rotatable bonds is 4. The summed E-state index contributed by atoms with van der Waals surface area (Å²) in [4.78, 5) is 24.5. The molecule has 0 bridgehead atoms. The summed E-state index contributed by atoms with van der Waals surface area (Å²) in [6.07, 6.45) is 2.86. The van der Waals surface area contributed by atoms with E-state index in [9.17, 15) is 9.59 Å². The van der Waals surface area contributed by atoms with E-state index >= 15 is 0 Å². The molecule has 2 aliphatic rings. The van der Waals surface area contributed by atoms with E-state index in [4.69, 9.17) is 0 Å². The van der Waals surface area contributed by atoms with E-state index in [0.29, 0.717) is 28.9 Å². The van der Waals surface area contributed by atoms with Crippen molar-refractivity contribution in [3.63, 3.8) is 0 Å². The highest BCUT2D eigenvalue weighted by molar-refractivity contribution is 7.15. The smallest absolute Gasteiger partial charge is 0.273 e. The molecule has 122 valence electrons. The van der Waals surface area contributed by atoms with Gasteiger partial charge >= 0.3 is 0 Å². The van der Waals surface area contributed by atoms with E-state index in [1.807, 2.05) is 18.2 Å². The second-order valence-corrected chi connectivity index (χ2v) is 6.77. The van der Waals surface area contributed by atoms with E-state index < -0.39 is 0 Å². The van der Waals surface area contributed by atoms with Gasteiger partial charge in [0, 0.05) is 18.8 Å². The fourth-order valence-electron chi connectivity index (χ4n) is 2.44. The van der Waals surface area contributed by atoms with Crippen LogP contribution in [0.4, 0.5) is 10.8 Å². The van der Waals surface area contributed by atoms with Gasteiger partial charge in [0.15, 0.2) is 0 Å². The first-order chi connectivity index (χ1) is 11.7. The van der Waals surface area contributed by atoms with Gasteiger partial charge in [-0.2, -0.15) is 5.10 Å². The molecule has 7 nitrogen and oxygen atoms in total. The van der Waals surface area contributed by atoms with E-state index in [1.165, 1.54) is 16.3 Å². The molecule has 0 atom stereocenters. The molecule has 4 rings (SSSR count). The molecule has 0 radical (unpaired) electrons. The molecule has 2 amide bonds. The third kappa shape index (κ3) is 3.05. The molecule has 0 saturated heterocycles. The minimum atomic E-state index is -0.332. The SMILES string of the molecule is O=C(Nc1nnc(C2CC2)s1)C1=NN(c2ccccc2)C(=O)CC1. The second kappa shape index (κ2) is 6.12. The zero-order valence-electron chi connectivity index (χ0n) is 12.8. The first-order valence-corrected chi connectivity index (χ1v) is 8.62. The Bertz CT molecular complexity index is 813. The summed E-state index contributed by atoms with van der Waals surface area (Å²) in [6.45, 7) is 0. The lowest BCUT2D eigenvalue weighted by atomic mass is 10.1. The van der Waals surface area contributed by atoms with E-state index in [-0.39, 0.29) is 18.2 Å². The average Bonchev–Trinajstić information content (AvgIpc) is 3.36. The highest BCUT2D eigenvalue weighted by Crippen LogP contribution is 2.42. The number of anilines is 2. The number of hydrazone groups is 1. The van der Waals surface area contributed by atoms with Crippen molar-refractivity contribution in [2.75, 3.05) is 10.3 Å². The maximum absolute atomic E-state index is 12.4. The molecule has 1 fully saturated rings. The molecule has 1 aromatic heterocycles. The summed E-state index contributed by atoms with van der Waals surface area (Å²) in [5.74, 6) is 0.0537. The maximum Gasteiger partial charge on any atom is 0.273 e. The summed E-state index contributed by atoms with van der Waals surface area (Å²) in [5, 5.41) is 17.8. The van der Waals surface area contributed by atoms with E-state index in [0.717, 1.165) is 17.8 Å². The van der Waals surface area contributed by atoms with Gasteiger partial charge in [-0.05, 0) is 25.0 Å². The van der Waals surface area contributed by atoms with Crippen molar-refractivity contribution < 1.29 is 9.59 Å². The number of hydrogen-bond acceptors (Lipinski definition) is 6. The number of nitrogens with zero attached hydrogens (tertiary/aromatic N) is 4. The van der Waals surface area contributed by atoms with Crippen molar-refractivity contribution in [3.05, 3.63) is 35.3 Å². The van der Waals surface area contributed by atoms with Crippen LogP contribution in [0.1, 0.15) is 36.6 Å². The van der Waals surface area contributed by atoms with Gasteiger partial charge in [0.25, 0.3) is 5.91 Å². The number of para-hydroxylation sites is 1. The summed E-state index contributed by atoms with van der Waals surface area (Å²) in [5.41, 5.74) is 0.973. The van der Waals surface area contributed by atoms with Crippen LogP contribution in [0.5, 0.6) is 0 Å². The zero-order chi connectivity index (χ0) is 16.5. The average molecular weight is 341 g/mol. The quantitative estimate of drug-likeness (QED) is 0.926. The minimum Gasteiger partial charge on any atom is -0.295 e. The van der Waals surface area contributed by atoms with Crippen molar-refractivity contribution in [3.8, 4) is 0 Å². The number of amides is 2. The lowest BCUT2D eigenvalue weighted by Crippen LogP contribution is -2.36. The van der Waals surface area contributed by atoms with Gasteiger partial charge in [-0.25, -0.2) is 5.01 Å². The second-order valence-electron chi connectivity index (χ2n) is 5.76. The molecule has 2 heterocycles. The molecule has 1 saturated carbocycles. The third-order valence-corrected chi connectivity index (χ3v) is 4.88. The Morgan fingerprint density at radius 2 is 1.96 bits per heavy atom. The molecular formula is C16H15N5O2S. The van der Waals surface area contributed by atoms with Crippen LogP contribution in [0.3, 0.4) is 0 Å². The lowest BCUT2D eigenvalue weighted by Gasteiger charge is -2.22. The van der Waals surface area contributed by atoms with Crippen LogP contribution in [0.25, 0.3) is 0 Å². The third-order valence-electron chi connectivity index (χ3n) is 3.88. The Morgan fingerprint density at radius 3 is 2.71 bits per heavy atom. The number of benzene rings is 1. The zero-order valence-corrected chi connectivity index (χ0v) is 13.6. The molecule has 1 aliphatic heterocycles. The van der Waals surface area contributed by atoms with Crippen LogP contribution in [0, 0.1) is 0 Å². The van der Waals surface area contributed by atoms with Crippen LogP contribution >= 0.6 is 11.3 Å². The molecule has 0 spiro atoms. The highest BCUT2D eigenvalue weighted by Gasteiger charge is 2.29. The molecule has 24 heavy (non-hydrogen) atoms. The van der Waals surface area contributed by atoms with Gasteiger partial charge < -0.3 is 0 Å². The number of nitrogens with one attached hydrogen (secondary N) is 1. The van der Waals surface area contributed by atoms with E-state index in [1.54, 1.807) is 12.1 Å². The molecule has 8 heteroatoms. The molecule has 1 aromatic carbocycles. The Hall–Kier alpha value is -2.61. The van der Waals surface area contributed by atoms with Crippen LogP contribution in [-0.2, 0) is 9.59 Å². The van der Waals surface area contributed by atoms with Crippen LogP contribution in [0.15, 0.2) is 35.4 Å². The van der Waals surface area contributed by atoms with Crippen molar-refractivity contribution >= 4 is 39.7 Å². The molecule has 1 N–H and O–H groups in total.